The number of aromatic nitrogens is 1. The van der Waals surface area contributed by atoms with Crippen molar-refractivity contribution >= 4 is 11.7 Å². The molecule has 5 heteroatoms. The second-order valence-electron chi connectivity index (χ2n) is 6.68. The lowest BCUT2D eigenvalue weighted by atomic mass is 9.84. The van der Waals surface area contributed by atoms with E-state index in [-0.39, 0.29) is 5.92 Å². The van der Waals surface area contributed by atoms with Gasteiger partial charge in [-0.15, -0.1) is 0 Å². The van der Waals surface area contributed by atoms with Crippen LogP contribution in [-0.2, 0) is 4.79 Å². The Bertz CT molecular complexity index is 645. The van der Waals surface area contributed by atoms with E-state index in [1.54, 1.807) is 0 Å². The van der Waals surface area contributed by atoms with E-state index in [1.807, 2.05) is 24.8 Å². The molecule has 0 spiro atoms. The smallest absolute Gasteiger partial charge is 0.225 e. The van der Waals surface area contributed by atoms with Gasteiger partial charge in [-0.1, -0.05) is 6.42 Å². The largest absolute Gasteiger partial charge is 0.354 e. The van der Waals surface area contributed by atoms with Crippen molar-refractivity contribution in [3.8, 4) is 6.07 Å². The number of nitriles is 1. The minimum Gasteiger partial charge on any atom is -0.354 e. The summed E-state index contributed by atoms with van der Waals surface area (Å²) >= 11 is 0. The molecule has 2 fully saturated rings. The molecule has 1 saturated carbocycles. The molecule has 23 heavy (non-hydrogen) atoms. The number of rotatable bonds is 2. The third-order valence-corrected chi connectivity index (χ3v) is 5.00. The van der Waals surface area contributed by atoms with E-state index in [4.69, 9.17) is 0 Å². The highest BCUT2D eigenvalue weighted by atomic mass is 16.2. The Kier molecular flexibility index (Phi) is 4.51. The Hall–Kier alpha value is -2.09. The van der Waals surface area contributed by atoms with Gasteiger partial charge in [-0.2, -0.15) is 5.26 Å². The fourth-order valence-electron chi connectivity index (χ4n) is 3.45. The first kappa shape index (κ1) is 15.8. The number of nitrogens with zero attached hydrogens (tertiary/aromatic N) is 4. The summed E-state index contributed by atoms with van der Waals surface area (Å²) in [4.78, 5) is 21.2. The van der Waals surface area contributed by atoms with Crippen molar-refractivity contribution in [2.45, 2.75) is 39.5 Å². The normalized spacial score (nSPS) is 19.0. The molecule has 1 saturated heterocycles. The molecule has 2 heterocycles. The zero-order valence-electron chi connectivity index (χ0n) is 14.0. The van der Waals surface area contributed by atoms with Crippen molar-refractivity contribution in [3.63, 3.8) is 0 Å². The molecule has 3 rings (SSSR count). The average molecular weight is 312 g/mol. The van der Waals surface area contributed by atoms with Crippen LogP contribution in [0.3, 0.4) is 0 Å². The molecule has 1 aliphatic heterocycles. The van der Waals surface area contributed by atoms with Gasteiger partial charge in [0, 0.05) is 37.8 Å². The molecule has 0 bridgehead atoms. The summed E-state index contributed by atoms with van der Waals surface area (Å²) < 4.78 is 0. The highest BCUT2D eigenvalue weighted by molar-refractivity contribution is 5.79. The minimum atomic E-state index is 0.260. The van der Waals surface area contributed by atoms with E-state index in [9.17, 15) is 10.1 Å². The molecular weight excluding hydrogens is 288 g/mol. The summed E-state index contributed by atoms with van der Waals surface area (Å²) in [6.45, 7) is 7.07. The van der Waals surface area contributed by atoms with Gasteiger partial charge in [0.1, 0.15) is 11.9 Å². The van der Waals surface area contributed by atoms with Gasteiger partial charge in [0.15, 0.2) is 0 Å². The first-order valence-electron chi connectivity index (χ1n) is 8.52. The number of anilines is 1. The van der Waals surface area contributed by atoms with Gasteiger partial charge >= 0.3 is 0 Å². The van der Waals surface area contributed by atoms with Crippen LogP contribution in [0.25, 0.3) is 0 Å². The molecule has 5 nitrogen and oxygen atoms in total. The van der Waals surface area contributed by atoms with Crippen LogP contribution in [0, 0.1) is 31.1 Å². The molecule has 122 valence electrons. The summed E-state index contributed by atoms with van der Waals surface area (Å²) in [5.74, 6) is 1.37. The number of amides is 1. The third-order valence-electron chi connectivity index (χ3n) is 5.00. The maximum atomic E-state index is 12.4. The van der Waals surface area contributed by atoms with E-state index in [1.165, 1.54) is 6.42 Å². The number of aryl methyl sites for hydroxylation is 2. The van der Waals surface area contributed by atoms with Crippen LogP contribution in [0.1, 0.15) is 42.5 Å². The number of hydrogen-bond acceptors (Lipinski definition) is 4. The SMILES string of the molecule is Cc1cc(C)c(C#N)c(N2CCCN(C(=O)C3CCC3)CC2)n1. The molecule has 1 aliphatic carbocycles. The Labute approximate surface area is 137 Å². The van der Waals surface area contributed by atoms with Gasteiger partial charge in [-0.05, 0) is 44.7 Å². The molecule has 0 atom stereocenters. The topological polar surface area (TPSA) is 60.2 Å². The van der Waals surface area contributed by atoms with Crippen molar-refractivity contribution < 1.29 is 4.79 Å². The first-order valence-corrected chi connectivity index (χ1v) is 8.52. The van der Waals surface area contributed by atoms with E-state index in [0.29, 0.717) is 11.5 Å². The predicted molar refractivity (Wildman–Crippen MR) is 89.2 cm³/mol. The zero-order chi connectivity index (χ0) is 16.4. The quantitative estimate of drug-likeness (QED) is 0.841. The van der Waals surface area contributed by atoms with Gasteiger partial charge in [0.2, 0.25) is 5.91 Å². The molecule has 1 amide bonds. The lowest BCUT2D eigenvalue weighted by molar-refractivity contribution is -0.137. The summed E-state index contributed by atoms with van der Waals surface area (Å²) in [5.41, 5.74) is 2.57. The summed E-state index contributed by atoms with van der Waals surface area (Å²) in [6.07, 6.45) is 4.22. The van der Waals surface area contributed by atoms with Crippen LogP contribution in [0.2, 0.25) is 0 Å². The van der Waals surface area contributed by atoms with E-state index in [0.717, 1.165) is 62.5 Å². The van der Waals surface area contributed by atoms with E-state index in [2.05, 4.69) is 16.0 Å². The van der Waals surface area contributed by atoms with Crippen LogP contribution < -0.4 is 4.90 Å². The van der Waals surface area contributed by atoms with Gasteiger partial charge in [-0.25, -0.2) is 4.98 Å². The average Bonchev–Trinajstić information content (AvgIpc) is 2.70. The van der Waals surface area contributed by atoms with Gasteiger partial charge in [0.05, 0.1) is 5.56 Å². The maximum Gasteiger partial charge on any atom is 0.225 e. The monoisotopic (exact) mass is 312 g/mol. The number of hydrogen-bond donors (Lipinski definition) is 0. The second kappa shape index (κ2) is 6.57. The summed E-state index contributed by atoms with van der Waals surface area (Å²) in [5, 5.41) is 9.46. The molecule has 0 unspecified atom stereocenters. The summed E-state index contributed by atoms with van der Waals surface area (Å²) in [6, 6.07) is 4.25. The van der Waals surface area contributed by atoms with Crippen molar-refractivity contribution in [2.75, 3.05) is 31.1 Å². The van der Waals surface area contributed by atoms with E-state index < -0.39 is 0 Å². The lowest BCUT2D eigenvalue weighted by Gasteiger charge is -2.31. The van der Waals surface area contributed by atoms with E-state index >= 15 is 0 Å². The van der Waals surface area contributed by atoms with Gasteiger partial charge in [-0.3, -0.25) is 4.79 Å². The van der Waals surface area contributed by atoms with Crippen molar-refractivity contribution in [1.82, 2.24) is 9.88 Å². The highest BCUT2D eigenvalue weighted by Gasteiger charge is 2.30. The van der Waals surface area contributed by atoms with Crippen LogP contribution in [-0.4, -0.2) is 42.0 Å². The fourth-order valence-corrected chi connectivity index (χ4v) is 3.45. The first-order chi connectivity index (χ1) is 11.1. The van der Waals surface area contributed by atoms with Crippen LogP contribution >= 0.6 is 0 Å². The number of pyridine rings is 1. The Balaban J connectivity index is 1.76. The van der Waals surface area contributed by atoms with Crippen molar-refractivity contribution in [1.29, 1.82) is 5.26 Å². The van der Waals surface area contributed by atoms with Crippen molar-refractivity contribution in [3.05, 3.63) is 22.9 Å². The Morgan fingerprint density at radius 3 is 2.65 bits per heavy atom. The zero-order valence-corrected chi connectivity index (χ0v) is 14.0. The molecular formula is C18H24N4O. The fraction of sp³-hybridized carbons (Fsp3) is 0.611. The highest BCUT2D eigenvalue weighted by Crippen LogP contribution is 2.29. The maximum absolute atomic E-state index is 12.4. The number of carbonyl (C=O) groups is 1. The Morgan fingerprint density at radius 2 is 2.00 bits per heavy atom. The standard InChI is InChI=1S/C18H24N4O/c1-13-11-14(2)20-17(16(13)12-19)21-7-4-8-22(10-9-21)18(23)15-5-3-6-15/h11,15H,3-10H2,1-2H3. The summed E-state index contributed by atoms with van der Waals surface area (Å²) in [7, 11) is 0. The van der Waals surface area contributed by atoms with Crippen LogP contribution in [0.4, 0.5) is 5.82 Å². The third kappa shape index (κ3) is 3.17. The molecule has 0 radical (unpaired) electrons. The van der Waals surface area contributed by atoms with Crippen LogP contribution in [0.5, 0.6) is 0 Å². The molecule has 0 aromatic carbocycles. The molecule has 1 aromatic heterocycles. The van der Waals surface area contributed by atoms with Crippen LogP contribution in [0.15, 0.2) is 6.07 Å². The van der Waals surface area contributed by atoms with Gasteiger partial charge in [0.25, 0.3) is 0 Å². The second-order valence-corrected chi connectivity index (χ2v) is 6.68. The lowest BCUT2D eigenvalue weighted by Crippen LogP contribution is -2.41. The number of carbonyl (C=O) groups excluding carboxylic acids is 1. The predicted octanol–water partition coefficient (Wildman–Crippen LogP) is 2.41. The van der Waals surface area contributed by atoms with Crippen molar-refractivity contribution in [2.24, 2.45) is 5.92 Å². The molecule has 2 aliphatic rings. The van der Waals surface area contributed by atoms with Gasteiger partial charge < -0.3 is 9.80 Å². The molecule has 1 aromatic rings. The minimum absolute atomic E-state index is 0.260. The Morgan fingerprint density at radius 1 is 1.22 bits per heavy atom. The molecule has 0 N–H and O–H groups in total.